The van der Waals surface area contributed by atoms with Crippen molar-refractivity contribution in [3.05, 3.63) is 70.8 Å². The lowest BCUT2D eigenvalue weighted by molar-refractivity contribution is 0.209. The van der Waals surface area contributed by atoms with Gasteiger partial charge in [-0.25, -0.2) is 4.39 Å². The average Bonchev–Trinajstić information content (AvgIpc) is 3.07. The molecule has 0 aliphatic carbocycles. The number of aryl methyl sites for hydroxylation is 2. The first-order valence-electron chi connectivity index (χ1n) is 9.02. The quantitative estimate of drug-likeness (QED) is 0.505. The Balaban J connectivity index is 1.74. The number of halogens is 1. The Bertz CT molecular complexity index is 926. The molecule has 0 saturated carbocycles. The van der Waals surface area contributed by atoms with Crippen LogP contribution in [0.15, 0.2) is 47.6 Å². The molecule has 0 aliphatic rings. The summed E-state index contributed by atoms with van der Waals surface area (Å²) in [6.07, 6.45) is -0.234. The summed E-state index contributed by atoms with van der Waals surface area (Å²) < 4.78 is 21.9. The van der Waals surface area contributed by atoms with Crippen molar-refractivity contribution in [1.29, 1.82) is 0 Å². The molecular formula is C21H24FN3OS. The molecule has 0 spiro atoms. The Labute approximate surface area is 163 Å². The van der Waals surface area contributed by atoms with Gasteiger partial charge < -0.3 is 9.30 Å². The normalized spacial score (nSPS) is 12.2. The molecule has 0 bridgehead atoms. The highest BCUT2D eigenvalue weighted by Gasteiger charge is 2.19. The van der Waals surface area contributed by atoms with E-state index in [0.717, 1.165) is 23.3 Å². The molecule has 2 aromatic carbocycles. The number of hydrogen-bond acceptors (Lipinski definition) is 4. The topological polar surface area (TPSA) is 39.9 Å². The summed E-state index contributed by atoms with van der Waals surface area (Å²) in [5.41, 5.74) is 3.09. The second-order valence-electron chi connectivity index (χ2n) is 6.47. The van der Waals surface area contributed by atoms with E-state index in [-0.39, 0.29) is 11.9 Å². The third kappa shape index (κ3) is 4.50. The van der Waals surface area contributed by atoms with E-state index >= 15 is 0 Å². The van der Waals surface area contributed by atoms with E-state index in [1.54, 1.807) is 12.1 Å². The summed E-state index contributed by atoms with van der Waals surface area (Å²) in [5, 5.41) is 9.40. The van der Waals surface area contributed by atoms with E-state index in [2.05, 4.69) is 30.1 Å². The molecule has 0 aliphatic heterocycles. The minimum absolute atomic E-state index is 0.195. The maximum Gasteiger partial charge on any atom is 0.191 e. The van der Waals surface area contributed by atoms with Crippen molar-refractivity contribution in [3.8, 4) is 5.75 Å². The first-order valence-corrected chi connectivity index (χ1v) is 10.0. The van der Waals surface area contributed by atoms with Crippen LogP contribution in [0.1, 0.15) is 42.5 Å². The molecule has 1 unspecified atom stereocenters. The van der Waals surface area contributed by atoms with Gasteiger partial charge in [-0.15, -0.1) is 10.2 Å². The summed E-state index contributed by atoms with van der Waals surface area (Å²) in [5.74, 6) is 1.90. The van der Waals surface area contributed by atoms with E-state index in [9.17, 15) is 4.39 Å². The molecule has 0 radical (unpaired) electrons. The summed E-state index contributed by atoms with van der Waals surface area (Å²) in [6.45, 7) is 8.89. The highest BCUT2D eigenvalue weighted by molar-refractivity contribution is 7.98. The van der Waals surface area contributed by atoms with Crippen LogP contribution in [0.5, 0.6) is 5.75 Å². The van der Waals surface area contributed by atoms with Crippen molar-refractivity contribution in [1.82, 2.24) is 14.8 Å². The van der Waals surface area contributed by atoms with Gasteiger partial charge >= 0.3 is 0 Å². The molecule has 3 aromatic rings. The SMILES string of the molecule is CCn1c(SCc2ccccc2F)nnc1C(C)Oc1ccc(C)c(C)c1. The summed E-state index contributed by atoms with van der Waals surface area (Å²) in [7, 11) is 0. The summed E-state index contributed by atoms with van der Waals surface area (Å²) in [6, 6.07) is 12.9. The molecule has 6 heteroatoms. The van der Waals surface area contributed by atoms with Gasteiger partial charge in [-0.3, -0.25) is 0 Å². The molecule has 1 aromatic heterocycles. The number of ether oxygens (including phenoxy) is 1. The second-order valence-corrected chi connectivity index (χ2v) is 7.41. The van der Waals surface area contributed by atoms with E-state index < -0.39 is 0 Å². The van der Waals surface area contributed by atoms with Crippen LogP contribution in [0.2, 0.25) is 0 Å². The fourth-order valence-electron chi connectivity index (χ4n) is 2.81. The van der Waals surface area contributed by atoms with Gasteiger partial charge in [0.1, 0.15) is 11.6 Å². The molecule has 3 rings (SSSR count). The molecule has 0 saturated heterocycles. The predicted octanol–water partition coefficient (Wildman–Crippen LogP) is 5.49. The van der Waals surface area contributed by atoms with Gasteiger partial charge in [-0.2, -0.15) is 0 Å². The lowest BCUT2D eigenvalue weighted by Crippen LogP contribution is -2.12. The third-order valence-corrected chi connectivity index (χ3v) is 5.55. The number of benzene rings is 2. The zero-order valence-corrected chi connectivity index (χ0v) is 16.9. The van der Waals surface area contributed by atoms with Gasteiger partial charge in [0.25, 0.3) is 0 Å². The monoisotopic (exact) mass is 385 g/mol. The van der Waals surface area contributed by atoms with Crippen LogP contribution in [-0.2, 0) is 12.3 Å². The Kier molecular flexibility index (Phi) is 6.16. The highest BCUT2D eigenvalue weighted by atomic mass is 32.2. The largest absolute Gasteiger partial charge is 0.483 e. The number of rotatable bonds is 7. The van der Waals surface area contributed by atoms with Crippen LogP contribution in [0, 0.1) is 19.7 Å². The average molecular weight is 386 g/mol. The van der Waals surface area contributed by atoms with Crippen molar-refractivity contribution >= 4 is 11.8 Å². The fraction of sp³-hybridized carbons (Fsp3) is 0.333. The fourth-order valence-corrected chi connectivity index (χ4v) is 3.80. The first kappa shape index (κ1) is 19.4. The summed E-state index contributed by atoms with van der Waals surface area (Å²) in [4.78, 5) is 0. The zero-order chi connectivity index (χ0) is 19.4. The molecule has 27 heavy (non-hydrogen) atoms. The predicted molar refractivity (Wildman–Crippen MR) is 107 cm³/mol. The van der Waals surface area contributed by atoms with Crippen LogP contribution in [0.4, 0.5) is 4.39 Å². The van der Waals surface area contributed by atoms with Gasteiger partial charge in [0, 0.05) is 12.3 Å². The minimum Gasteiger partial charge on any atom is -0.483 e. The van der Waals surface area contributed by atoms with E-state index in [4.69, 9.17) is 4.74 Å². The Hall–Kier alpha value is -2.34. The van der Waals surface area contributed by atoms with Gasteiger partial charge in [-0.1, -0.05) is 36.0 Å². The van der Waals surface area contributed by atoms with Crippen molar-refractivity contribution in [2.75, 3.05) is 0 Å². The van der Waals surface area contributed by atoms with Crippen LogP contribution in [-0.4, -0.2) is 14.8 Å². The van der Waals surface area contributed by atoms with Gasteiger partial charge in [0.15, 0.2) is 17.1 Å². The van der Waals surface area contributed by atoms with E-state index in [0.29, 0.717) is 11.3 Å². The molecule has 0 N–H and O–H groups in total. The molecule has 0 amide bonds. The van der Waals surface area contributed by atoms with E-state index in [1.807, 2.05) is 36.6 Å². The number of aromatic nitrogens is 3. The van der Waals surface area contributed by atoms with Gasteiger partial charge in [0.05, 0.1) is 0 Å². The maximum absolute atomic E-state index is 13.8. The molecular weight excluding hydrogens is 361 g/mol. The Morgan fingerprint density at radius 2 is 1.89 bits per heavy atom. The van der Waals surface area contributed by atoms with Crippen molar-refractivity contribution in [3.63, 3.8) is 0 Å². The number of thioether (sulfide) groups is 1. The second kappa shape index (κ2) is 8.57. The van der Waals surface area contributed by atoms with Crippen molar-refractivity contribution < 1.29 is 9.13 Å². The Morgan fingerprint density at radius 3 is 2.59 bits per heavy atom. The van der Waals surface area contributed by atoms with Gasteiger partial charge in [0.2, 0.25) is 0 Å². The standard InChI is InChI=1S/C21H24FN3OS/c1-5-25-20(16(4)26-18-11-10-14(2)15(3)12-18)23-24-21(25)27-13-17-8-6-7-9-19(17)22/h6-12,16H,5,13H2,1-4H3. The first-order chi connectivity index (χ1) is 13.0. The van der Waals surface area contributed by atoms with Gasteiger partial charge in [-0.05, 0) is 62.6 Å². The molecule has 0 fully saturated rings. The molecule has 4 nitrogen and oxygen atoms in total. The highest BCUT2D eigenvalue weighted by Crippen LogP contribution is 2.27. The summed E-state index contributed by atoms with van der Waals surface area (Å²) >= 11 is 1.48. The van der Waals surface area contributed by atoms with Crippen molar-refractivity contribution in [2.45, 2.75) is 51.3 Å². The van der Waals surface area contributed by atoms with Crippen molar-refractivity contribution in [2.24, 2.45) is 0 Å². The molecule has 1 heterocycles. The van der Waals surface area contributed by atoms with Crippen LogP contribution >= 0.6 is 11.8 Å². The van der Waals surface area contributed by atoms with E-state index in [1.165, 1.54) is 29.0 Å². The third-order valence-electron chi connectivity index (χ3n) is 4.53. The lowest BCUT2D eigenvalue weighted by Gasteiger charge is -2.16. The molecule has 142 valence electrons. The molecule has 1 atom stereocenters. The lowest BCUT2D eigenvalue weighted by atomic mass is 10.1. The number of hydrogen-bond donors (Lipinski definition) is 0. The van der Waals surface area contributed by atoms with Crippen LogP contribution < -0.4 is 4.74 Å². The Morgan fingerprint density at radius 1 is 1.11 bits per heavy atom. The van der Waals surface area contributed by atoms with Crippen LogP contribution in [0.25, 0.3) is 0 Å². The smallest absolute Gasteiger partial charge is 0.191 e. The maximum atomic E-state index is 13.8. The minimum atomic E-state index is -0.234. The van der Waals surface area contributed by atoms with Crippen LogP contribution in [0.3, 0.4) is 0 Å². The number of nitrogens with zero attached hydrogens (tertiary/aromatic N) is 3. The zero-order valence-electron chi connectivity index (χ0n) is 16.1.